The number of hydrogen-bond acceptors (Lipinski definition) is 1. The summed E-state index contributed by atoms with van der Waals surface area (Å²) in [5, 5.41) is 8.54. The molecule has 0 aromatic heterocycles. The van der Waals surface area contributed by atoms with Crippen LogP contribution in [-0.4, -0.2) is 0 Å². The standard InChI is InChI=1S/C14H19N/c1-2-3-4-5-6-13-7-9-14(10-8-13)11-12-15/h7-10H,2-6,11H2,1H3. The summed E-state index contributed by atoms with van der Waals surface area (Å²) in [5.74, 6) is 0. The van der Waals surface area contributed by atoms with Gasteiger partial charge >= 0.3 is 0 Å². The molecule has 0 spiro atoms. The molecule has 0 heterocycles. The Kier molecular flexibility index (Phi) is 5.55. The van der Waals surface area contributed by atoms with Crippen molar-refractivity contribution < 1.29 is 0 Å². The van der Waals surface area contributed by atoms with E-state index in [1.54, 1.807) is 0 Å². The predicted molar refractivity (Wildman–Crippen MR) is 63.6 cm³/mol. The van der Waals surface area contributed by atoms with Crippen LogP contribution in [0.15, 0.2) is 24.3 Å². The third-order valence-corrected chi connectivity index (χ3v) is 2.63. The fourth-order valence-electron chi connectivity index (χ4n) is 1.67. The van der Waals surface area contributed by atoms with Crippen LogP contribution in [0.2, 0.25) is 0 Å². The molecular formula is C14H19N. The van der Waals surface area contributed by atoms with Gasteiger partial charge in [-0.1, -0.05) is 50.5 Å². The lowest BCUT2D eigenvalue weighted by Crippen LogP contribution is -1.87. The van der Waals surface area contributed by atoms with Gasteiger partial charge in [0.1, 0.15) is 0 Å². The molecule has 1 heteroatoms. The van der Waals surface area contributed by atoms with Crippen molar-refractivity contribution in [3.05, 3.63) is 35.4 Å². The highest BCUT2D eigenvalue weighted by molar-refractivity contribution is 5.24. The van der Waals surface area contributed by atoms with E-state index in [1.165, 1.54) is 37.7 Å². The fraction of sp³-hybridized carbons (Fsp3) is 0.500. The SMILES string of the molecule is CCCCCCc1ccc(CC#N)cc1. The molecule has 1 aromatic rings. The smallest absolute Gasteiger partial charge is 0.0669 e. The number of nitriles is 1. The second-order valence-electron chi connectivity index (χ2n) is 3.96. The van der Waals surface area contributed by atoms with Crippen LogP contribution in [0.4, 0.5) is 0 Å². The number of unbranched alkanes of at least 4 members (excludes halogenated alkanes) is 3. The maximum absolute atomic E-state index is 8.54. The Bertz CT molecular complexity index is 305. The van der Waals surface area contributed by atoms with E-state index in [2.05, 4.69) is 37.3 Å². The van der Waals surface area contributed by atoms with E-state index in [0.717, 1.165) is 5.56 Å². The van der Waals surface area contributed by atoms with E-state index in [1.807, 2.05) is 0 Å². The molecule has 0 aliphatic heterocycles. The zero-order valence-corrected chi connectivity index (χ0v) is 9.50. The third kappa shape index (κ3) is 4.65. The summed E-state index contributed by atoms with van der Waals surface area (Å²) in [4.78, 5) is 0. The number of nitrogens with zero attached hydrogens (tertiary/aromatic N) is 1. The molecular weight excluding hydrogens is 182 g/mol. The highest BCUT2D eigenvalue weighted by Gasteiger charge is 1.94. The lowest BCUT2D eigenvalue weighted by atomic mass is 10.0. The van der Waals surface area contributed by atoms with E-state index < -0.39 is 0 Å². The van der Waals surface area contributed by atoms with Crippen LogP contribution >= 0.6 is 0 Å². The van der Waals surface area contributed by atoms with Crippen LogP contribution in [0.25, 0.3) is 0 Å². The molecule has 15 heavy (non-hydrogen) atoms. The van der Waals surface area contributed by atoms with Gasteiger partial charge in [0.2, 0.25) is 0 Å². The summed E-state index contributed by atoms with van der Waals surface area (Å²) in [6.07, 6.45) is 6.94. The average Bonchev–Trinajstić information content (AvgIpc) is 2.27. The van der Waals surface area contributed by atoms with Crippen molar-refractivity contribution in [3.8, 4) is 6.07 Å². The molecule has 0 radical (unpaired) electrons. The Morgan fingerprint density at radius 1 is 1.00 bits per heavy atom. The van der Waals surface area contributed by atoms with Crippen molar-refractivity contribution in [2.24, 2.45) is 0 Å². The summed E-state index contributed by atoms with van der Waals surface area (Å²) >= 11 is 0. The van der Waals surface area contributed by atoms with Crippen LogP contribution in [0.5, 0.6) is 0 Å². The maximum Gasteiger partial charge on any atom is 0.0669 e. The largest absolute Gasteiger partial charge is 0.198 e. The van der Waals surface area contributed by atoms with Crippen molar-refractivity contribution >= 4 is 0 Å². The summed E-state index contributed by atoms with van der Waals surface area (Å²) in [5.41, 5.74) is 2.52. The first kappa shape index (κ1) is 11.8. The van der Waals surface area contributed by atoms with Crippen LogP contribution < -0.4 is 0 Å². The Morgan fingerprint density at radius 3 is 2.27 bits per heavy atom. The number of rotatable bonds is 6. The molecule has 0 atom stereocenters. The molecule has 0 unspecified atom stereocenters. The molecule has 0 fully saturated rings. The van der Waals surface area contributed by atoms with E-state index >= 15 is 0 Å². The Morgan fingerprint density at radius 2 is 1.67 bits per heavy atom. The van der Waals surface area contributed by atoms with E-state index in [9.17, 15) is 0 Å². The van der Waals surface area contributed by atoms with Crippen LogP contribution in [0.1, 0.15) is 43.7 Å². The van der Waals surface area contributed by atoms with Crippen LogP contribution in [0.3, 0.4) is 0 Å². The van der Waals surface area contributed by atoms with Crippen LogP contribution in [-0.2, 0) is 12.8 Å². The Hall–Kier alpha value is -1.29. The monoisotopic (exact) mass is 201 g/mol. The van der Waals surface area contributed by atoms with Gasteiger partial charge in [-0.25, -0.2) is 0 Å². The second-order valence-corrected chi connectivity index (χ2v) is 3.96. The molecule has 0 saturated carbocycles. The molecule has 0 amide bonds. The van der Waals surface area contributed by atoms with Gasteiger partial charge in [0.05, 0.1) is 12.5 Å². The number of aryl methyl sites for hydroxylation is 1. The molecule has 80 valence electrons. The summed E-state index contributed by atoms with van der Waals surface area (Å²) < 4.78 is 0. The first-order valence-corrected chi connectivity index (χ1v) is 5.81. The molecule has 0 N–H and O–H groups in total. The average molecular weight is 201 g/mol. The summed E-state index contributed by atoms with van der Waals surface area (Å²) in [6, 6.07) is 10.6. The van der Waals surface area contributed by atoms with Crippen LogP contribution in [0, 0.1) is 11.3 Å². The van der Waals surface area contributed by atoms with Gasteiger partial charge in [-0.3, -0.25) is 0 Å². The van der Waals surface area contributed by atoms with Gasteiger partial charge < -0.3 is 0 Å². The first-order chi connectivity index (χ1) is 7.36. The Balaban J connectivity index is 2.33. The van der Waals surface area contributed by atoms with Gasteiger partial charge in [-0.15, -0.1) is 0 Å². The highest BCUT2D eigenvalue weighted by Crippen LogP contribution is 2.09. The number of hydrogen-bond donors (Lipinski definition) is 0. The normalized spacial score (nSPS) is 9.87. The molecule has 0 aliphatic rings. The van der Waals surface area contributed by atoms with E-state index in [4.69, 9.17) is 5.26 Å². The molecule has 1 aromatic carbocycles. The fourth-order valence-corrected chi connectivity index (χ4v) is 1.67. The summed E-state index contributed by atoms with van der Waals surface area (Å²) in [6.45, 7) is 2.23. The van der Waals surface area contributed by atoms with Crippen molar-refractivity contribution in [1.29, 1.82) is 5.26 Å². The second kappa shape index (κ2) is 7.06. The lowest BCUT2D eigenvalue weighted by Gasteiger charge is -2.02. The molecule has 0 bridgehead atoms. The first-order valence-electron chi connectivity index (χ1n) is 5.81. The van der Waals surface area contributed by atoms with Crippen molar-refractivity contribution in [3.63, 3.8) is 0 Å². The molecule has 0 saturated heterocycles. The van der Waals surface area contributed by atoms with Crippen molar-refractivity contribution in [2.75, 3.05) is 0 Å². The van der Waals surface area contributed by atoms with Crippen molar-refractivity contribution in [2.45, 2.75) is 45.4 Å². The zero-order chi connectivity index (χ0) is 10.9. The maximum atomic E-state index is 8.54. The lowest BCUT2D eigenvalue weighted by molar-refractivity contribution is 0.667. The Labute approximate surface area is 92.7 Å². The van der Waals surface area contributed by atoms with Gasteiger partial charge in [0.15, 0.2) is 0 Å². The van der Waals surface area contributed by atoms with Gasteiger partial charge in [0.25, 0.3) is 0 Å². The number of benzene rings is 1. The summed E-state index contributed by atoms with van der Waals surface area (Å²) in [7, 11) is 0. The highest BCUT2D eigenvalue weighted by atomic mass is 14.2. The van der Waals surface area contributed by atoms with Gasteiger partial charge in [0, 0.05) is 0 Å². The molecule has 0 aliphatic carbocycles. The predicted octanol–water partition coefficient (Wildman–Crippen LogP) is 3.88. The van der Waals surface area contributed by atoms with E-state index in [-0.39, 0.29) is 0 Å². The molecule has 1 rings (SSSR count). The zero-order valence-electron chi connectivity index (χ0n) is 9.50. The molecule has 1 nitrogen and oxygen atoms in total. The minimum atomic E-state index is 0.524. The third-order valence-electron chi connectivity index (χ3n) is 2.63. The minimum Gasteiger partial charge on any atom is -0.198 e. The van der Waals surface area contributed by atoms with E-state index in [0.29, 0.717) is 6.42 Å². The van der Waals surface area contributed by atoms with Gasteiger partial charge in [-0.05, 0) is 24.0 Å². The minimum absolute atomic E-state index is 0.524. The van der Waals surface area contributed by atoms with Crippen molar-refractivity contribution in [1.82, 2.24) is 0 Å². The van der Waals surface area contributed by atoms with Gasteiger partial charge in [-0.2, -0.15) is 5.26 Å². The topological polar surface area (TPSA) is 23.8 Å². The quantitative estimate of drug-likeness (QED) is 0.641.